The van der Waals surface area contributed by atoms with E-state index in [1.807, 2.05) is 0 Å². The molecule has 144 valence electrons. The number of rotatable bonds is 6. The highest BCUT2D eigenvalue weighted by molar-refractivity contribution is 6.02. The largest absolute Gasteiger partial charge is 0.497 e. The van der Waals surface area contributed by atoms with Crippen molar-refractivity contribution in [1.82, 2.24) is 10.3 Å². The van der Waals surface area contributed by atoms with E-state index in [1.165, 1.54) is 20.4 Å². The average Bonchev–Trinajstić information content (AvgIpc) is 3.04. The summed E-state index contributed by atoms with van der Waals surface area (Å²) in [4.78, 5) is 34.9. The van der Waals surface area contributed by atoms with Crippen LogP contribution in [0.1, 0.15) is 15.9 Å². The zero-order valence-corrected chi connectivity index (χ0v) is 15.2. The lowest BCUT2D eigenvalue weighted by atomic mass is 10.2. The zero-order chi connectivity index (χ0) is 20.1. The van der Waals surface area contributed by atoms with E-state index in [1.54, 1.807) is 42.5 Å². The molecule has 0 atom stereocenters. The number of carbonyl (C=O) groups is 3. The molecule has 0 radical (unpaired) electrons. The number of benzene rings is 2. The predicted octanol–water partition coefficient (Wildman–Crippen LogP) is 1.81. The minimum absolute atomic E-state index is 0.135. The van der Waals surface area contributed by atoms with Crippen molar-refractivity contribution in [3.05, 3.63) is 53.6 Å². The molecule has 28 heavy (non-hydrogen) atoms. The maximum atomic E-state index is 12.3. The molecule has 1 saturated heterocycles. The van der Waals surface area contributed by atoms with Gasteiger partial charge in [0, 0.05) is 0 Å². The fourth-order valence-electron chi connectivity index (χ4n) is 2.40. The Morgan fingerprint density at radius 2 is 1.82 bits per heavy atom. The Morgan fingerprint density at radius 1 is 1.07 bits per heavy atom. The van der Waals surface area contributed by atoms with Crippen molar-refractivity contribution in [2.45, 2.75) is 0 Å². The third-order valence-corrected chi connectivity index (χ3v) is 3.84. The number of esters is 1. The SMILES string of the molecule is COc1ccc(C(=O)Oc2ccc(/C=N/N3CC(=O)NC3=O)cc2OC)cc1. The maximum Gasteiger partial charge on any atom is 0.344 e. The Bertz CT molecular complexity index is 939. The Balaban J connectivity index is 1.72. The maximum absolute atomic E-state index is 12.3. The molecule has 0 saturated carbocycles. The molecule has 0 spiro atoms. The van der Waals surface area contributed by atoms with E-state index in [2.05, 4.69) is 10.4 Å². The molecule has 1 N–H and O–H groups in total. The van der Waals surface area contributed by atoms with Crippen molar-refractivity contribution in [2.75, 3.05) is 20.8 Å². The van der Waals surface area contributed by atoms with Gasteiger partial charge in [-0.2, -0.15) is 5.10 Å². The number of hydrogen-bond acceptors (Lipinski definition) is 7. The molecule has 1 aliphatic heterocycles. The summed E-state index contributed by atoms with van der Waals surface area (Å²) in [7, 11) is 2.98. The monoisotopic (exact) mass is 383 g/mol. The van der Waals surface area contributed by atoms with Gasteiger partial charge >= 0.3 is 12.0 Å². The number of nitrogens with one attached hydrogen (secondary N) is 1. The fraction of sp³-hybridized carbons (Fsp3) is 0.158. The van der Waals surface area contributed by atoms with E-state index in [9.17, 15) is 14.4 Å². The number of hydrogen-bond donors (Lipinski definition) is 1. The van der Waals surface area contributed by atoms with E-state index in [4.69, 9.17) is 14.2 Å². The van der Waals surface area contributed by atoms with Crippen LogP contribution in [0.2, 0.25) is 0 Å². The number of imide groups is 1. The second kappa shape index (κ2) is 8.21. The van der Waals surface area contributed by atoms with Gasteiger partial charge in [0.1, 0.15) is 12.3 Å². The normalized spacial score (nSPS) is 13.6. The van der Waals surface area contributed by atoms with Crippen LogP contribution >= 0.6 is 0 Å². The van der Waals surface area contributed by atoms with Gasteiger partial charge in [0.05, 0.1) is 26.0 Å². The number of carbonyl (C=O) groups excluding carboxylic acids is 3. The van der Waals surface area contributed by atoms with Gasteiger partial charge in [0.25, 0.3) is 0 Å². The van der Waals surface area contributed by atoms with Crippen LogP contribution in [0.15, 0.2) is 47.6 Å². The summed E-state index contributed by atoms with van der Waals surface area (Å²) in [5.41, 5.74) is 0.950. The quantitative estimate of drug-likeness (QED) is 0.353. The van der Waals surface area contributed by atoms with Crippen LogP contribution in [0.4, 0.5) is 4.79 Å². The van der Waals surface area contributed by atoms with Crippen LogP contribution in [-0.2, 0) is 4.79 Å². The van der Waals surface area contributed by atoms with Gasteiger partial charge < -0.3 is 14.2 Å². The van der Waals surface area contributed by atoms with Crippen molar-refractivity contribution in [2.24, 2.45) is 5.10 Å². The van der Waals surface area contributed by atoms with Gasteiger partial charge in [-0.25, -0.2) is 14.6 Å². The molecular weight excluding hydrogens is 366 g/mol. The van der Waals surface area contributed by atoms with Gasteiger partial charge in [-0.3, -0.25) is 10.1 Å². The predicted molar refractivity (Wildman–Crippen MR) is 98.8 cm³/mol. The number of methoxy groups -OCH3 is 2. The lowest BCUT2D eigenvalue weighted by molar-refractivity contribution is -0.118. The number of hydrazone groups is 1. The average molecular weight is 383 g/mol. The molecule has 0 unspecified atom stereocenters. The second-order valence-electron chi connectivity index (χ2n) is 5.68. The lowest BCUT2D eigenvalue weighted by Gasteiger charge is -2.10. The minimum atomic E-state index is -0.585. The number of nitrogens with zero attached hydrogens (tertiary/aromatic N) is 2. The molecule has 0 aliphatic carbocycles. The van der Waals surface area contributed by atoms with E-state index < -0.39 is 17.9 Å². The molecule has 0 aromatic heterocycles. The molecular formula is C19H17N3O6. The van der Waals surface area contributed by atoms with Crippen molar-refractivity contribution in [3.63, 3.8) is 0 Å². The summed E-state index contributed by atoms with van der Waals surface area (Å²) in [6.07, 6.45) is 1.40. The standard InChI is InChI=1S/C19H17N3O6/c1-26-14-6-4-13(5-7-14)18(24)28-15-8-3-12(9-16(15)27-2)10-20-22-11-17(23)21-19(22)25/h3-10H,11H2,1-2H3,(H,21,23,25)/b20-10+. The smallest absolute Gasteiger partial charge is 0.344 e. The highest BCUT2D eigenvalue weighted by atomic mass is 16.6. The Labute approximate surface area is 160 Å². The second-order valence-corrected chi connectivity index (χ2v) is 5.68. The first-order chi connectivity index (χ1) is 13.5. The van der Waals surface area contributed by atoms with Gasteiger partial charge in [-0.1, -0.05) is 0 Å². The third-order valence-electron chi connectivity index (χ3n) is 3.84. The molecule has 1 heterocycles. The zero-order valence-electron chi connectivity index (χ0n) is 15.2. The molecule has 0 bridgehead atoms. The van der Waals surface area contributed by atoms with Gasteiger partial charge in [0.15, 0.2) is 11.5 Å². The summed E-state index contributed by atoms with van der Waals surface area (Å²) >= 11 is 0. The molecule has 3 rings (SSSR count). The van der Waals surface area contributed by atoms with Crippen LogP contribution in [0, 0.1) is 0 Å². The summed E-state index contributed by atoms with van der Waals surface area (Å²) in [6, 6.07) is 10.7. The highest BCUT2D eigenvalue weighted by Crippen LogP contribution is 2.28. The van der Waals surface area contributed by atoms with Crippen molar-refractivity contribution >= 4 is 24.1 Å². The molecule has 2 aromatic carbocycles. The number of ether oxygens (including phenoxy) is 3. The van der Waals surface area contributed by atoms with Gasteiger partial charge in [0.2, 0.25) is 5.91 Å². The van der Waals surface area contributed by atoms with Gasteiger partial charge in [-0.05, 0) is 48.0 Å². The van der Waals surface area contributed by atoms with E-state index in [-0.39, 0.29) is 12.3 Å². The van der Waals surface area contributed by atoms with Crippen LogP contribution in [0.5, 0.6) is 17.2 Å². The highest BCUT2D eigenvalue weighted by Gasteiger charge is 2.25. The number of urea groups is 1. The topological polar surface area (TPSA) is 107 Å². The van der Waals surface area contributed by atoms with Crippen LogP contribution in [-0.4, -0.2) is 49.9 Å². The van der Waals surface area contributed by atoms with Gasteiger partial charge in [-0.15, -0.1) is 0 Å². The van der Waals surface area contributed by atoms with Crippen molar-refractivity contribution in [1.29, 1.82) is 0 Å². The van der Waals surface area contributed by atoms with Crippen molar-refractivity contribution in [3.8, 4) is 17.2 Å². The fourth-order valence-corrected chi connectivity index (χ4v) is 2.40. The van der Waals surface area contributed by atoms with E-state index >= 15 is 0 Å². The van der Waals surface area contributed by atoms with E-state index in [0.717, 1.165) is 5.01 Å². The van der Waals surface area contributed by atoms with Crippen LogP contribution in [0.3, 0.4) is 0 Å². The van der Waals surface area contributed by atoms with Crippen LogP contribution < -0.4 is 19.5 Å². The minimum Gasteiger partial charge on any atom is -0.497 e. The first-order valence-corrected chi connectivity index (χ1v) is 8.20. The molecule has 1 fully saturated rings. The number of amides is 3. The molecule has 1 aliphatic rings. The van der Waals surface area contributed by atoms with E-state index in [0.29, 0.717) is 22.6 Å². The first kappa shape index (κ1) is 18.9. The Morgan fingerprint density at radius 3 is 2.43 bits per heavy atom. The van der Waals surface area contributed by atoms with Crippen molar-refractivity contribution < 1.29 is 28.6 Å². The summed E-state index contributed by atoms with van der Waals surface area (Å²) in [5, 5.41) is 7.08. The Kier molecular flexibility index (Phi) is 5.54. The lowest BCUT2D eigenvalue weighted by Crippen LogP contribution is -2.24. The third kappa shape index (κ3) is 4.26. The summed E-state index contributed by atoms with van der Waals surface area (Å²) in [5.74, 6) is 0.212. The first-order valence-electron chi connectivity index (χ1n) is 8.20. The van der Waals surface area contributed by atoms with Crippen LogP contribution in [0.25, 0.3) is 0 Å². The molecule has 9 heteroatoms. The Hall–Kier alpha value is -3.88. The molecule has 2 aromatic rings. The summed E-state index contributed by atoms with van der Waals surface area (Å²) < 4.78 is 15.7. The molecule has 9 nitrogen and oxygen atoms in total. The molecule has 3 amide bonds. The summed E-state index contributed by atoms with van der Waals surface area (Å²) in [6.45, 7) is -0.135.